The highest BCUT2D eigenvalue weighted by atomic mass is 79.9. The van der Waals surface area contributed by atoms with Gasteiger partial charge in [-0.25, -0.2) is 0 Å². The molecule has 0 saturated carbocycles. The van der Waals surface area contributed by atoms with Gasteiger partial charge in [-0.05, 0) is 37.9 Å². The van der Waals surface area contributed by atoms with E-state index in [0.29, 0.717) is 15.9 Å². The smallest absolute Gasteiger partial charge is 0.247 e. The first-order chi connectivity index (χ1) is 9.38. The Morgan fingerprint density at radius 2 is 2.00 bits per heavy atom. The summed E-state index contributed by atoms with van der Waals surface area (Å²) in [5.74, 6) is 0.161. The molecule has 1 aromatic carbocycles. The lowest BCUT2D eigenvalue weighted by atomic mass is 10.2. The van der Waals surface area contributed by atoms with Crippen LogP contribution >= 0.6 is 44.5 Å². The van der Waals surface area contributed by atoms with Crippen molar-refractivity contribution in [2.75, 3.05) is 18.2 Å². The maximum Gasteiger partial charge on any atom is 0.247 e. The quantitative estimate of drug-likeness (QED) is 0.635. The summed E-state index contributed by atoms with van der Waals surface area (Å²) >= 11 is 10.8. The second kappa shape index (κ2) is 7.90. The van der Waals surface area contributed by atoms with Crippen molar-refractivity contribution in [2.45, 2.75) is 13.0 Å². The van der Waals surface area contributed by atoms with Crippen molar-refractivity contribution in [1.29, 1.82) is 0 Å². The lowest BCUT2D eigenvalue weighted by Gasteiger charge is -2.17. The van der Waals surface area contributed by atoms with Gasteiger partial charge in [0, 0.05) is 23.2 Å². The Hall–Kier alpha value is -0.730. The molecule has 1 unspecified atom stereocenters. The van der Waals surface area contributed by atoms with Gasteiger partial charge in [-0.3, -0.25) is 9.59 Å². The highest BCUT2D eigenvalue weighted by molar-refractivity contribution is 9.11. The van der Waals surface area contributed by atoms with Gasteiger partial charge in [-0.15, -0.1) is 0 Å². The van der Waals surface area contributed by atoms with Gasteiger partial charge < -0.3 is 15.4 Å². The number of rotatable bonds is 5. The highest BCUT2D eigenvalue weighted by Gasteiger charge is 2.19. The molecular weight excluding hydrogens is 412 g/mol. The van der Waals surface area contributed by atoms with Crippen LogP contribution in [0.3, 0.4) is 0 Å². The molecule has 0 aliphatic rings. The third kappa shape index (κ3) is 4.68. The summed E-state index contributed by atoms with van der Waals surface area (Å²) in [5, 5.41) is 5.24. The lowest BCUT2D eigenvalue weighted by molar-refractivity contribution is -0.124. The molecule has 0 saturated heterocycles. The van der Waals surface area contributed by atoms with Gasteiger partial charge in [0.15, 0.2) is 0 Å². The van der Waals surface area contributed by atoms with Gasteiger partial charge >= 0.3 is 0 Å². The molecule has 0 spiro atoms. The number of ether oxygens (including phenoxy) is 1. The van der Waals surface area contributed by atoms with Crippen LogP contribution in [0, 0.1) is 0 Å². The molecule has 0 aliphatic heterocycles. The molecule has 2 amide bonds. The maximum absolute atomic E-state index is 12.1. The van der Waals surface area contributed by atoms with Crippen LogP contribution in [-0.2, 0) is 9.59 Å². The molecular formula is C12H14Br2N2O3S. The van der Waals surface area contributed by atoms with Crippen molar-refractivity contribution in [3.63, 3.8) is 0 Å². The fraction of sp³-hybridized carbons (Fsp3) is 0.333. The molecule has 5 nitrogen and oxygen atoms in total. The second-order valence-corrected chi connectivity index (χ2v) is 5.97. The first kappa shape index (κ1) is 17.3. The van der Waals surface area contributed by atoms with E-state index in [1.165, 1.54) is 14.0 Å². The normalized spacial score (nSPS) is 11.7. The third-order valence-electron chi connectivity index (χ3n) is 2.38. The molecule has 1 atom stereocenters. The van der Waals surface area contributed by atoms with E-state index < -0.39 is 6.04 Å². The van der Waals surface area contributed by atoms with E-state index in [9.17, 15) is 9.59 Å². The average molecular weight is 426 g/mol. The van der Waals surface area contributed by atoms with Gasteiger partial charge in [0.1, 0.15) is 11.8 Å². The molecule has 110 valence electrons. The largest absolute Gasteiger partial charge is 0.495 e. The number of hydrogen-bond donors (Lipinski definition) is 3. The molecule has 0 aromatic heterocycles. The van der Waals surface area contributed by atoms with Crippen molar-refractivity contribution in [3.05, 3.63) is 21.1 Å². The molecule has 0 aliphatic carbocycles. The van der Waals surface area contributed by atoms with Crippen LogP contribution in [0.1, 0.15) is 6.92 Å². The van der Waals surface area contributed by atoms with Crippen LogP contribution in [-0.4, -0.2) is 30.7 Å². The summed E-state index contributed by atoms with van der Waals surface area (Å²) < 4.78 is 6.63. The van der Waals surface area contributed by atoms with Crippen molar-refractivity contribution >= 4 is 62.0 Å². The van der Waals surface area contributed by atoms with E-state index in [4.69, 9.17) is 4.74 Å². The minimum absolute atomic E-state index is 0.205. The molecule has 0 fully saturated rings. The maximum atomic E-state index is 12.1. The SMILES string of the molecule is COc1cc(NC(=O)C(CS)NC(C)=O)c(Br)cc1Br. The van der Waals surface area contributed by atoms with E-state index in [0.717, 1.165) is 4.47 Å². The van der Waals surface area contributed by atoms with E-state index in [2.05, 4.69) is 55.1 Å². The molecule has 0 heterocycles. The van der Waals surface area contributed by atoms with E-state index >= 15 is 0 Å². The summed E-state index contributed by atoms with van der Waals surface area (Å²) in [6, 6.07) is 2.75. The molecule has 2 N–H and O–H groups in total. The Kier molecular flexibility index (Phi) is 6.84. The van der Waals surface area contributed by atoms with E-state index in [-0.39, 0.29) is 17.6 Å². The van der Waals surface area contributed by atoms with Crippen LogP contribution in [0.5, 0.6) is 5.75 Å². The number of halogens is 2. The standard InChI is InChI=1S/C12H14Br2N2O3S/c1-6(17)15-10(5-20)12(18)16-9-4-11(19-2)8(14)3-7(9)13/h3-4,10,20H,5H2,1-2H3,(H,15,17)(H,16,18). The van der Waals surface area contributed by atoms with Gasteiger partial charge in [0.05, 0.1) is 17.3 Å². The zero-order chi connectivity index (χ0) is 15.3. The Morgan fingerprint density at radius 3 is 2.50 bits per heavy atom. The summed E-state index contributed by atoms with van der Waals surface area (Å²) in [4.78, 5) is 23.1. The number of carbonyl (C=O) groups is 2. The second-order valence-electron chi connectivity index (χ2n) is 3.89. The number of nitrogens with one attached hydrogen (secondary N) is 2. The van der Waals surface area contributed by atoms with Gasteiger partial charge in [0.2, 0.25) is 11.8 Å². The van der Waals surface area contributed by atoms with E-state index in [1.807, 2.05) is 0 Å². The minimum atomic E-state index is -0.697. The van der Waals surface area contributed by atoms with Crippen LogP contribution < -0.4 is 15.4 Å². The monoisotopic (exact) mass is 424 g/mol. The van der Waals surface area contributed by atoms with Crippen LogP contribution in [0.15, 0.2) is 21.1 Å². The van der Waals surface area contributed by atoms with Gasteiger partial charge in [-0.1, -0.05) is 0 Å². The topological polar surface area (TPSA) is 67.4 Å². The fourth-order valence-corrected chi connectivity index (χ4v) is 2.95. The molecule has 0 radical (unpaired) electrons. The number of thiol groups is 1. The lowest BCUT2D eigenvalue weighted by Crippen LogP contribution is -2.44. The number of anilines is 1. The summed E-state index contributed by atoms with van der Waals surface area (Å²) in [5.41, 5.74) is 0.548. The summed E-state index contributed by atoms with van der Waals surface area (Å²) in [6.45, 7) is 1.35. The predicted molar refractivity (Wildman–Crippen MR) is 88.5 cm³/mol. The summed E-state index contributed by atoms with van der Waals surface area (Å²) in [7, 11) is 1.54. The molecule has 20 heavy (non-hydrogen) atoms. The number of benzene rings is 1. The van der Waals surface area contributed by atoms with Crippen molar-refractivity contribution in [2.24, 2.45) is 0 Å². The molecule has 0 bridgehead atoms. The number of amides is 2. The Morgan fingerprint density at radius 1 is 1.35 bits per heavy atom. The van der Waals surface area contributed by atoms with Crippen molar-refractivity contribution < 1.29 is 14.3 Å². The fourth-order valence-electron chi connectivity index (χ4n) is 1.44. The van der Waals surface area contributed by atoms with Crippen LogP contribution in [0.4, 0.5) is 5.69 Å². The van der Waals surface area contributed by atoms with E-state index in [1.54, 1.807) is 12.1 Å². The zero-order valence-electron chi connectivity index (χ0n) is 10.9. The Labute approximate surface area is 139 Å². The minimum Gasteiger partial charge on any atom is -0.495 e. The zero-order valence-corrected chi connectivity index (χ0v) is 14.9. The highest BCUT2D eigenvalue weighted by Crippen LogP contribution is 2.34. The Balaban J connectivity index is 2.91. The number of methoxy groups -OCH3 is 1. The number of carbonyl (C=O) groups excluding carboxylic acids is 2. The third-order valence-corrected chi connectivity index (χ3v) is 4.02. The molecule has 8 heteroatoms. The first-order valence-electron chi connectivity index (χ1n) is 5.61. The number of hydrogen-bond acceptors (Lipinski definition) is 4. The molecule has 1 rings (SSSR count). The Bertz CT molecular complexity index is 526. The first-order valence-corrected chi connectivity index (χ1v) is 7.82. The van der Waals surface area contributed by atoms with Gasteiger partial charge in [-0.2, -0.15) is 12.6 Å². The summed E-state index contributed by atoms with van der Waals surface area (Å²) in [6.07, 6.45) is 0. The predicted octanol–water partition coefficient (Wildman–Crippen LogP) is 2.59. The van der Waals surface area contributed by atoms with Crippen molar-refractivity contribution in [1.82, 2.24) is 5.32 Å². The van der Waals surface area contributed by atoms with Gasteiger partial charge in [0.25, 0.3) is 0 Å². The van der Waals surface area contributed by atoms with Crippen LogP contribution in [0.2, 0.25) is 0 Å². The van der Waals surface area contributed by atoms with Crippen LogP contribution in [0.25, 0.3) is 0 Å². The average Bonchev–Trinajstić information content (AvgIpc) is 2.38. The van der Waals surface area contributed by atoms with Crippen molar-refractivity contribution in [3.8, 4) is 5.75 Å². The molecule has 1 aromatic rings.